The Labute approximate surface area is 123 Å². The van der Waals surface area contributed by atoms with Gasteiger partial charge in [-0.05, 0) is 31.4 Å². The fourth-order valence-electron chi connectivity index (χ4n) is 2.20. The largest absolute Gasteiger partial charge is 0.389 e. The van der Waals surface area contributed by atoms with Gasteiger partial charge in [0.1, 0.15) is 17.3 Å². The first-order chi connectivity index (χ1) is 9.71. The molecule has 0 aromatic heterocycles. The van der Waals surface area contributed by atoms with Crippen molar-refractivity contribution < 1.29 is 18.7 Å². The molecule has 1 aromatic carbocycles. The van der Waals surface area contributed by atoms with E-state index >= 15 is 0 Å². The molecule has 0 fully saturated rings. The molecule has 0 bridgehead atoms. The quantitative estimate of drug-likeness (QED) is 0.724. The summed E-state index contributed by atoms with van der Waals surface area (Å²) in [7, 11) is 0. The van der Waals surface area contributed by atoms with Gasteiger partial charge in [0.05, 0.1) is 12.1 Å². The van der Waals surface area contributed by atoms with Crippen LogP contribution in [0.25, 0.3) is 0 Å². The van der Waals surface area contributed by atoms with Crippen LogP contribution in [0.2, 0.25) is 0 Å². The highest BCUT2D eigenvalue weighted by Gasteiger charge is 2.21. The second kappa shape index (κ2) is 7.47. The number of carbonyl (C=O) groups excluding carboxylic acids is 1. The number of aliphatic hydroxyl groups is 1. The van der Waals surface area contributed by atoms with E-state index in [-0.39, 0.29) is 13.1 Å². The minimum absolute atomic E-state index is 0.137. The van der Waals surface area contributed by atoms with Crippen molar-refractivity contribution in [1.29, 1.82) is 0 Å². The molecule has 0 heterocycles. The van der Waals surface area contributed by atoms with Gasteiger partial charge in [0.2, 0.25) is 5.91 Å². The predicted octanol–water partition coefficient (Wildman–Crippen LogP) is 2.29. The molecule has 6 heteroatoms. The van der Waals surface area contributed by atoms with Crippen LogP contribution in [0.1, 0.15) is 27.2 Å². The summed E-state index contributed by atoms with van der Waals surface area (Å²) in [5, 5.41) is 15.0. The van der Waals surface area contributed by atoms with E-state index in [1.165, 1.54) is 6.07 Å². The summed E-state index contributed by atoms with van der Waals surface area (Å²) in [6, 6.07) is 3.36. The first-order valence-corrected chi connectivity index (χ1v) is 6.88. The first kappa shape index (κ1) is 17.5. The molecule has 0 aliphatic heterocycles. The zero-order valence-corrected chi connectivity index (χ0v) is 12.5. The molecule has 1 atom stereocenters. The van der Waals surface area contributed by atoms with Gasteiger partial charge in [-0.15, -0.1) is 0 Å². The molecule has 1 aromatic rings. The maximum Gasteiger partial charge on any atom is 0.238 e. The molecule has 0 saturated heterocycles. The Morgan fingerprint density at radius 2 is 1.90 bits per heavy atom. The van der Waals surface area contributed by atoms with Gasteiger partial charge >= 0.3 is 0 Å². The van der Waals surface area contributed by atoms with Gasteiger partial charge in [-0.25, -0.2) is 8.78 Å². The SMILES string of the molecule is CC(C)CC(C)(O)CNCC(=O)Nc1c(F)cccc1F. The number of halogens is 2. The summed E-state index contributed by atoms with van der Waals surface area (Å²) < 4.78 is 26.7. The molecule has 0 aliphatic rings. The monoisotopic (exact) mass is 300 g/mol. The molecule has 0 spiro atoms. The summed E-state index contributed by atoms with van der Waals surface area (Å²) in [4.78, 5) is 11.6. The van der Waals surface area contributed by atoms with Crippen LogP contribution < -0.4 is 10.6 Å². The molecule has 0 aliphatic carbocycles. The molecule has 21 heavy (non-hydrogen) atoms. The number of hydrogen-bond donors (Lipinski definition) is 3. The number of rotatable bonds is 7. The van der Waals surface area contributed by atoms with Gasteiger partial charge in [0.25, 0.3) is 0 Å². The van der Waals surface area contributed by atoms with Crippen LogP contribution in [-0.2, 0) is 4.79 Å². The Bertz CT molecular complexity index is 470. The second-order valence-corrected chi connectivity index (χ2v) is 5.84. The third-order valence-electron chi connectivity index (χ3n) is 2.87. The Balaban J connectivity index is 2.45. The second-order valence-electron chi connectivity index (χ2n) is 5.84. The van der Waals surface area contributed by atoms with E-state index < -0.39 is 28.8 Å². The number of anilines is 1. The molecule has 118 valence electrons. The average Bonchev–Trinajstić information content (AvgIpc) is 2.32. The van der Waals surface area contributed by atoms with E-state index in [2.05, 4.69) is 10.6 Å². The Hall–Kier alpha value is -1.53. The van der Waals surface area contributed by atoms with Crippen molar-refractivity contribution in [1.82, 2.24) is 5.32 Å². The van der Waals surface area contributed by atoms with Gasteiger partial charge in [0, 0.05) is 6.54 Å². The third-order valence-corrected chi connectivity index (χ3v) is 2.87. The molecular formula is C15H22F2N2O2. The van der Waals surface area contributed by atoms with Crippen LogP contribution in [0.15, 0.2) is 18.2 Å². The van der Waals surface area contributed by atoms with Gasteiger partial charge in [0.15, 0.2) is 0 Å². The average molecular weight is 300 g/mol. The number of carbonyl (C=O) groups is 1. The fourth-order valence-corrected chi connectivity index (χ4v) is 2.20. The summed E-state index contributed by atoms with van der Waals surface area (Å²) in [5.41, 5.74) is -1.39. The molecule has 1 rings (SSSR count). The smallest absolute Gasteiger partial charge is 0.238 e. The van der Waals surface area contributed by atoms with Crippen LogP contribution in [0.5, 0.6) is 0 Å². The molecule has 3 N–H and O–H groups in total. The maximum atomic E-state index is 13.4. The van der Waals surface area contributed by atoms with Crippen molar-refractivity contribution in [3.8, 4) is 0 Å². The summed E-state index contributed by atoms with van der Waals surface area (Å²) in [6.07, 6.45) is 0.587. The lowest BCUT2D eigenvalue weighted by Crippen LogP contribution is -2.41. The molecule has 4 nitrogen and oxygen atoms in total. The Kier molecular flexibility index (Phi) is 6.23. The lowest BCUT2D eigenvalue weighted by molar-refractivity contribution is -0.115. The molecule has 1 amide bonds. The van der Waals surface area contributed by atoms with E-state index in [9.17, 15) is 18.7 Å². The Morgan fingerprint density at radius 3 is 2.43 bits per heavy atom. The third kappa shape index (κ3) is 6.18. The fraction of sp³-hybridized carbons (Fsp3) is 0.533. The summed E-state index contributed by atoms with van der Waals surface area (Å²) in [6.45, 7) is 5.74. The van der Waals surface area contributed by atoms with Crippen molar-refractivity contribution in [2.75, 3.05) is 18.4 Å². The van der Waals surface area contributed by atoms with Crippen molar-refractivity contribution in [2.45, 2.75) is 32.8 Å². The zero-order valence-electron chi connectivity index (χ0n) is 12.5. The van der Waals surface area contributed by atoms with Crippen molar-refractivity contribution in [3.63, 3.8) is 0 Å². The van der Waals surface area contributed by atoms with Crippen molar-refractivity contribution in [3.05, 3.63) is 29.8 Å². The van der Waals surface area contributed by atoms with Gasteiger partial charge < -0.3 is 15.7 Å². The van der Waals surface area contributed by atoms with Gasteiger partial charge in [-0.2, -0.15) is 0 Å². The van der Waals surface area contributed by atoms with E-state index in [0.717, 1.165) is 12.1 Å². The summed E-state index contributed by atoms with van der Waals surface area (Å²) in [5.74, 6) is -1.90. The number of amides is 1. The summed E-state index contributed by atoms with van der Waals surface area (Å²) >= 11 is 0. The van der Waals surface area contributed by atoms with Crippen LogP contribution in [0.4, 0.5) is 14.5 Å². The van der Waals surface area contributed by atoms with Gasteiger partial charge in [-0.1, -0.05) is 19.9 Å². The molecule has 0 saturated carbocycles. The number of para-hydroxylation sites is 1. The minimum Gasteiger partial charge on any atom is -0.389 e. The molecule has 0 radical (unpaired) electrons. The zero-order chi connectivity index (χ0) is 16.0. The highest BCUT2D eigenvalue weighted by Crippen LogP contribution is 2.18. The van der Waals surface area contributed by atoms with E-state index in [0.29, 0.717) is 12.3 Å². The molecule has 1 unspecified atom stereocenters. The van der Waals surface area contributed by atoms with Gasteiger partial charge in [-0.3, -0.25) is 4.79 Å². The minimum atomic E-state index is -0.933. The van der Waals surface area contributed by atoms with E-state index in [1.807, 2.05) is 13.8 Å². The van der Waals surface area contributed by atoms with Crippen LogP contribution >= 0.6 is 0 Å². The van der Waals surface area contributed by atoms with E-state index in [4.69, 9.17) is 0 Å². The van der Waals surface area contributed by atoms with Crippen LogP contribution in [-0.4, -0.2) is 29.7 Å². The van der Waals surface area contributed by atoms with E-state index in [1.54, 1.807) is 6.92 Å². The highest BCUT2D eigenvalue weighted by atomic mass is 19.1. The number of nitrogens with one attached hydrogen (secondary N) is 2. The number of hydrogen-bond acceptors (Lipinski definition) is 3. The normalized spacial score (nSPS) is 14.0. The lowest BCUT2D eigenvalue weighted by atomic mass is 9.94. The Morgan fingerprint density at radius 1 is 1.33 bits per heavy atom. The topological polar surface area (TPSA) is 61.4 Å². The first-order valence-electron chi connectivity index (χ1n) is 6.88. The standard InChI is InChI=1S/C15H22F2N2O2/c1-10(2)7-15(3,21)9-18-8-13(20)19-14-11(16)5-4-6-12(14)17/h4-6,10,18,21H,7-9H2,1-3H3,(H,19,20). The number of benzene rings is 1. The highest BCUT2D eigenvalue weighted by molar-refractivity contribution is 5.92. The van der Waals surface area contributed by atoms with Crippen molar-refractivity contribution in [2.24, 2.45) is 5.92 Å². The lowest BCUT2D eigenvalue weighted by Gasteiger charge is -2.25. The predicted molar refractivity (Wildman–Crippen MR) is 77.9 cm³/mol. The van der Waals surface area contributed by atoms with Crippen LogP contribution in [0.3, 0.4) is 0 Å². The van der Waals surface area contributed by atoms with Crippen LogP contribution in [0, 0.1) is 17.6 Å². The maximum absolute atomic E-state index is 13.4. The van der Waals surface area contributed by atoms with Crippen molar-refractivity contribution >= 4 is 11.6 Å². The molecular weight excluding hydrogens is 278 g/mol.